The van der Waals surface area contributed by atoms with Crippen molar-refractivity contribution in [3.8, 4) is 11.4 Å². The lowest BCUT2D eigenvalue weighted by atomic mass is 10.2. The maximum atomic E-state index is 12.2. The summed E-state index contributed by atoms with van der Waals surface area (Å²) in [5, 5.41) is 5.17. The standard InChI is InChI=1S/C14H17N3O4/c1-4-9(2)15-13(18)12-14(19)21-16-17(12)10-5-7-11(20-3)8-6-10/h5-9H,4H2,1-3H3,(H-,15,16,18,19)/p+1. The van der Waals surface area contributed by atoms with Gasteiger partial charge in [-0.05, 0) is 35.4 Å². The SMILES string of the molecule is CCC(C)NC(=O)c1c(=O)o[nH][n+]1-c1ccc(OC)cc1. The molecule has 112 valence electrons. The second kappa shape index (κ2) is 6.25. The molecule has 0 aliphatic heterocycles. The number of nitrogens with zero attached hydrogens (tertiary/aromatic N) is 1. The van der Waals surface area contributed by atoms with Crippen molar-refractivity contribution in [2.45, 2.75) is 26.3 Å². The Morgan fingerprint density at radius 2 is 2.10 bits per heavy atom. The van der Waals surface area contributed by atoms with E-state index in [2.05, 4.69) is 10.6 Å². The zero-order valence-electron chi connectivity index (χ0n) is 12.2. The average molecular weight is 292 g/mol. The second-order valence-electron chi connectivity index (χ2n) is 4.65. The first kappa shape index (κ1) is 14.8. The van der Waals surface area contributed by atoms with Crippen molar-refractivity contribution in [3.63, 3.8) is 0 Å². The molecule has 0 radical (unpaired) electrons. The third-order valence-corrected chi connectivity index (χ3v) is 3.18. The third kappa shape index (κ3) is 3.13. The van der Waals surface area contributed by atoms with Gasteiger partial charge >= 0.3 is 17.2 Å². The predicted octanol–water partition coefficient (Wildman–Crippen LogP) is 0.781. The van der Waals surface area contributed by atoms with Crippen molar-refractivity contribution in [2.75, 3.05) is 7.11 Å². The van der Waals surface area contributed by atoms with Gasteiger partial charge in [-0.1, -0.05) is 6.92 Å². The highest BCUT2D eigenvalue weighted by atomic mass is 16.5. The monoisotopic (exact) mass is 292 g/mol. The van der Waals surface area contributed by atoms with Gasteiger partial charge in [0.05, 0.1) is 7.11 Å². The molecule has 0 saturated heterocycles. The molecule has 1 heterocycles. The molecule has 0 aliphatic carbocycles. The summed E-state index contributed by atoms with van der Waals surface area (Å²) in [7, 11) is 1.56. The van der Waals surface area contributed by atoms with Crippen LogP contribution in [0.25, 0.3) is 5.69 Å². The summed E-state index contributed by atoms with van der Waals surface area (Å²) in [6.45, 7) is 3.81. The minimum atomic E-state index is -0.716. The van der Waals surface area contributed by atoms with E-state index in [1.54, 1.807) is 31.4 Å². The molecule has 2 aromatic rings. The van der Waals surface area contributed by atoms with Gasteiger partial charge in [-0.3, -0.25) is 9.32 Å². The molecule has 2 rings (SSSR count). The highest BCUT2D eigenvalue weighted by molar-refractivity contribution is 5.90. The largest absolute Gasteiger partial charge is 0.497 e. The molecule has 0 fully saturated rings. The number of H-pyrrole nitrogens is 1. The van der Waals surface area contributed by atoms with Gasteiger partial charge in [0.1, 0.15) is 5.75 Å². The van der Waals surface area contributed by atoms with Crippen LogP contribution >= 0.6 is 0 Å². The first-order valence-electron chi connectivity index (χ1n) is 6.65. The first-order chi connectivity index (χ1) is 10.1. The van der Waals surface area contributed by atoms with Gasteiger partial charge in [-0.15, -0.1) is 0 Å². The lowest BCUT2D eigenvalue weighted by Gasteiger charge is -2.07. The van der Waals surface area contributed by atoms with Crippen LogP contribution in [0.3, 0.4) is 0 Å². The fraction of sp³-hybridized carbons (Fsp3) is 0.357. The molecule has 7 heteroatoms. The topological polar surface area (TPSA) is 88.2 Å². The Morgan fingerprint density at radius 1 is 1.43 bits per heavy atom. The molecule has 0 spiro atoms. The van der Waals surface area contributed by atoms with E-state index in [4.69, 9.17) is 9.26 Å². The maximum absolute atomic E-state index is 12.2. The summed E-state index contributed by atoms with van der Waals surface area (Å²) in [5.41, 5.74) is -0.219. The predicted molar refractivity (Wildman–Crippen MR) is 74.6 cm³/mol. The summed E-state index contributed by atoms with van der Waals surface area (Å²) >= 11 is 0. The Balaban J connectivity index is 2.37. The number of amides is 1. The van der Waals surface area contributed by atoms with Crippen LogP contribution in [0.5, 0.6) is 5.75 Å². The molecule has 1 aromatic carbocycles. The van der Waals surface area contributed by atoms with Crippen LogP contribution in [-0.4, -0.2) is 24.3 Å². The van der Waals surface area contributed by atoms with Gasteiger partial charge in [-0.25, -0.2) is 4.79 Å². The van der Waals surface area contributed by atoms with Crippen LogP contribution in [-0.2, 0) is 0 Å². The van der Waals surface area contributed by atoms with E-state index in [-0.39, 0.29) is 11.7 Å². The van der Waals surface area contributed by atoms with E-state index in [0.717, 1.165) is 6.42 Å². The summed E-state index contributed by atoms with van der Waals surface area (Å²) < 4.78 is 11.1. The zero-order chi connectivity index (χ0) is 15.4. The molecule has 1 aromatic heterocycles. The number of aromatic nitrogens is 2. The number of hydrogen-bond donors (Lipinski definition) is 2. The number of carbonyl (C=O) groups is 1. The van der Waals surface area contributed by atoms with Crippen molar-refractivity contribution in [2.24, 2.45) is 0 Å². The van der Waals surface area contributed by atoms with E-state index < -0.39 is 11.5 Å². The number of nitrogens with one attached hydrogen (secondary N) is 2. The van der Waals surface area contributed by atoms with Crippen molar-refractivity contribution < 1.29 is 18.7 Å². The Kier molecular flexibility index (Phi) is 4.42. The van der Waals surface area contributed by atoms with Gasteiger partial charge in [0.2, 0.25) is 5.69 Å². The van der Waals surface area contributed by atoms with Gasteiger partial charge in [0.15, 0.2) is 0 Å². The smallest absolute Gasteiger partial charge is 0.441 e. The molecule has 1 atom stereocenters. The minimum absolute atomic E-state index is 0.0314. The van der Waals surface area contributed by atoms with E-state index in [1.165, 1.54) is 4.68 Å². The number of hydrogen-bond acceptors (Lipinski definition) is 4. The third-order valence-electron chi connectivity index (χ3n) is 3.18. The minimum Gasteiger partial charge on any atom is -0.497 e. The summed E-state index contributed by atoms with van der Waals surface area (Å²) in [5.74, 6) is 0.200. The maximum Gasteiger partial charge on any atom is 0.441 e. The Labute approximate surface area is 121 Å². The van der Waals surface area contributed by atoms with Crippen LogP contribution in [0.1, 0.15) is 30.8 Å². The van der Waals surface area contributed by atoms with Gasteiger partial charge in [0, 0.05) is 18.2 Å². The van der Waals surface area contributed by atoms with Crippen LogP contribution in [0.2, 0.25) is 0 Å². The molecule has 1 unspecified atom stereocenters. The van der Waals surface area contributed by atoms with Gasteiger partial charge in [-0.2, -0.15) is 0 Å². The number of methoxy groups -OCH3 is 1. The molecule has 0 saturated carbocycles. The molecule has 7 nitrogen and oxygen atoms in total. The van der Waals surface area contributed by atoms with Crippen LogP contribution in [0.15, 0.2) is 33.6 Å². The second-order valence-corrected chi connectivity index (χ2v) is 4.65. The first-order valence-corrected chi connectivity index (χ1v) is 6.65. The molecule has 21 heavy (non-hydrogen) atoms. The van der Waals surface area contributed by atoms with Crippen molar-refractivity contribution in [3.05, 3.63) is 40.4 Å². The van der Waals surface area contributed by atoms with E-state index in [9.17, 15) is 9.59 Å². The number of rotatable bonds is 5. The lowest BCUT2D eigenvalue weighted by molar-refractivity contribution is -0.672. The van der Waals surface area contributed by atoms with Crippen LogP contribution in [0.4, 0.5) is 0 Å². The molecule has 0 bridgehead atoms. The fourth-order valence-electron chi connectivity index (χ4n) is 1.77. The number of ether oxygens (including phenoxy) is 1. The Hall–Kier alpha value is -2.57. The number of carbonyl (C=O) groups excluding carboxylic acids is 1. The van der Waals surface area contributed by atoms with Crippen molar-refractivity contribution >= 4 is 5.91 Å². The Bertz CT molecular complexity index is 672. The summed E-state index contributed by atoms with van der Waals surface area (Å²) in [6, 6.07) is 6.85. The van der Waals surface area contributed by atoms with E-state index in [0.29, 0.717) is 11.4 Å². The van der Waals surface area contributed by atoms with Crippen molar-refractivity contribution in [1.82, 2.24) is 10.6 Å². The van der Waals surface area contributed by atoms with Crippen molar-refractivity contribution in [1.29, 1.82) is 0 Å². The number of aromatic amines is 1. The molecular weight excluding hydrogens is 274 g/mol. The fourth-order valence-corrected chi connectivity index (χ4v) is 1.77. The molecule has 1 amide bonds. The van der Waals surface area contributed by atoms with Crippen LogP contribution in [0, 0.1) is 0 Å². The molecule has 0 aliphatic rings. The molecule has 2 N–H and O–H groups in total. The number of benzene rings is 1. The highest BCUT2D eigenvalue weighted by Crippen LogP contribution is 2.10. The Morgan fingerprint density at radius 3 is 2.67 bits per heavy atom. The lowest BCUT2D eigenvalue weighted by Crippen LogP contribution is -2.46. The molecular formula is C14H18N3O4+. The van der Waals surface area contributed by atoms with E-state index >= 15 is 0 Å². The van der Waals surface area contributed by atoms with E-state index in [1.807, 2.05) is 13.8 Å². The van der Waals surface area contributed by atoms with Gasteiger partial charge in [0.25, 0.3) is 0 Å². The summed E-state index contributed by atoms with van der Waals surface area (Å²) in [6.07, 6.45) is 0.768. The quantitative estimate of drug-likeness (QED) is 0.797. The normalized spacial score (nSPS) is 12.0. The van der Waals surface area contributed by atoms with Gasteiger partial charge < -0.3 is 10.1 Å². The van der Waals surface area contributed by atoms with Crippen LogP contribution < -0.4 is 20.4 Å². The zero-order valence-corrected chi connectivity index (χ0v) is 12.2. The summed E-state index contributed by atoms with van der Waals surface area (Å²) in [4.78, 5) is 23.9. The average Bonchev–Trinajstić information content (AvgIpc) is 2.89. The highest BCUT2D eigenvalue weighted by Gasteiger charge is 2.31.